The lowest BCUT2D eigenvalue weighted by Gasteiger charge is -2.05. The Bertz CT molecular complexity index is 650. The molecule has 2 N–H and O–H groups in total. The highest BCUT2D eigenvalue weighted by Gasteiger charge is 1.98. The number of amides is 2. The molecule has 2 aromatic rings. The van der Waals surface area contributed by atoms with E-state index in [-0.39, 0.29) is 6.03 Å². The summed E-state index contributed by atoms with van der Waals surface area (Å²) in [4.78, 5) is 11.6. The summed E-state index contributed by atoms with van der Waals surface area (Å²) in [6.07, 6.45) is 4.25. The highest BCUT2D eigenvalue weighted by Crippen LogP contribution is 2.10. The highest BCUT2D eigenvalue weighted by atomic mass is 35.5. The maximum absolute atomic E-state index is 11.6. The Morgan fingerprint density at radius 2 is 1.95 bits per heavy atom. The number of carbonyl (C=O) groups excluding carboxylic acids is 1. The van der Waals surface area contributed by atoms with Crippen LogP contribution in [0.15, 0.2) is 54.7 Å². The van der Waals surface area contributed by atoms with Crippen molar-refractivity contribution in [1.29, 1.82) is 0 Å². The molecule has 0 unspecified atom stereocenters. The molecule has 0 aromatic heterocycles. The third-order valence-electron chi connectivity index (χ3n) is 3.14. The second kappa shape index (κ2) is 8.25. The van der Waals surface area contributed by atoms with Gasteiger partial charge in [-0.25, -0.2) is 4.79 Å². The zero-order valence-electron chi connectivity index (χ0n) is 12.5. The molecule has 2 rings (SSSR count). The van der Waals surface area contributed by atoms with Crippen molar-refractivity contribution in [2.24, 2.45) is 0 Å². The Kier molecular flexibility index (Phi) is 6.04. The Balaban J connectivity index is 1.70. The minimum Gasteiger partial charge on any atom is -0.338 e. The van der Waals surface area contributed by atoms with E-state index in [1.54, 1.807) is 6.20 Å². The van der Waals surface area contributed by atoms with Crippen LogP contribution in [0.5, 0.6) is 0 Å². The van der Waals surface area contributed by atoms with Gasteiger partial charge in [0.05, 0.1) is 0 Å². The largest absolute Gasteiger partial charge is 0.338 e. The summed E-state index contributed by atoms with van der Waals surface area (Å²) in [5.41, 5.74) is 3.43. The topological polar surface area (TPSA) is 41.1 Å². The van der Waals surface area contributed by atoms with E-state index in [0.29, 0.717) is 11.6 Å². The lowest BCUT2D eigenvalue weighted by atomic mass is 10.1. The minimum absolute atomic E-state index is 0.210. The zero-order chi connectivity index (χ0) is 15.8. The molecule has 0 aliphatic rings. The number of halogens is 1. The molecule has 0 bridgehead atoms. The number of hydrogen-bond acceptors (Lipinski definition) is 1. The van der Waals surface area contributed by atoms with Crippen LogP contribution in [-0.2, 0) is 6.42 Å². The van der Waals surface area contributed by atoms with Crippen LogP contribution in [0.25, 0.3) is 6.08 Å². The number of urea groups is 1. The Hall–Kier alpha value is -2.26. The molecule has 0 atom stereocenters. The van der Waals surface area contributed by atoms with Crippen molar-refractivity contribution in [2.75, 3.05) is 6.54 Å². The molecular formula is C18H19ClN2O. The first-order chi connectivity index (χ1) is 10.6. The number of carbonyl (C=O) groups is 1. The third kappa shape index (κ3) is 5.62. The second-order valence-electron chi connectivity index (χ2n) is 5.02. The highest BCUT2D eigenvalue weighted by molar-refractivity contribution is 6.30. The molecule has 0 heterocycles. The number of rotatable bonds is 5. The lowest BCUT2D eigenvalue weighted by molar-refractivity contribution is 0.244. The molecule has 3 nitrogen and oxygen atoms in total. The van der Waals surface area contributed by atoms with Gasteiger partial charge >= 0.3 is 6.03 Å². The van der Waals surface area contributed by atoms with E-state index in [2.05, 4.69) is 35.8 Å². The molecule has 0 aliphatic carbocycles. The van der Waals surface area contributed by atoms with E-state index in [4.69, 9.17) is 11.6 Å². The van der Waals surface area contributed by atoms with Crippen LogP contribution in [0.4, 0.5) is 4.79 Å². The van der Waals surface area contributed by atoms with Crippen LogP contribution in [0.1, 0.15) is 16.7 Å². The molecular weight excluding hydrogens is 296 g/mol. The van der Waals surface area contributed by atoms with Gasteiger partial charge in [0.15, 0.2) is 0 Å². The van der Waals surface area contributed by atoms with Crippen LogP contribution in [0.3, 0.4) is 0 Å². The first-order valence-electron chi connectivity index (χ1n) is 7.15. The molecule has 0 radical (unpaired) electrons. The fraction of sp³-hybridized carbons (Fsp3) is 0.167. The molecule has 4 heteroatoms. The van der Waals surface area contributed by atoms with E-state index < -0.39 is 0 Å². The number of aryl methyl sites for hydroxylation is 1. The fourth-order valence-corrected chi connectivity index (χ4v) is 2.15. The van der Waals surface area contributed by atoms with Gasteiger partial charge in [-0.1, -0.05) is 53.6 Å². The quantitative estimate of drug-likeness (QED) is 0.854. The molecule has 2 amide bonds. The van der Waals surface area contributed by atoms with Crippen molar-refractivity contribution in [3.63, 3.8) is 0 Å². The maximum Gasteiger partial charge on any atom is 0.318 e. The van der Waals surface area contributed by atoms with E-state index in [1.807, 2.05) is 36.4 Å². The summed E-state index contributed by atoms with van der Waals surface area (Å²) >= 11 is 5.81. The van der Waals surface area contributed by atoms with Gasteiger partial charge in [0.25, 0.3) is 0 Å². The van der Waals surface area contributed by atoms with E-state index >= 15 is 0 Å². The van der Waals surface area contributed by atoms with Crippen LogP contribution < -0.4 is 10.6 Å². The van der Waals surface area contributed by atoms with Crippen molar-refractivity contribution in [3.8, 4) is 0 Å². The molecule has 0 saturated carbocycles. The maximum atomic E-state index is 11.6. The SMILES string of the molecule is Cc1cccc(CCNC(=O)N/C=C/c2ccc(Cl)cc2)c1. The average Bonchev–Trinajstić information content (AvgIpc) is 2.49. The van der Waals surface area contributed by atoms with Crippen molar-refractivity contribution in [1.82, 2.24) is 10.6 Å². The molecule has 114 valence electrons. The monoisotopic (exact) mass is 314 g/mol. The smallest absolute Gasteiger partial charge is 0.318 e. The fourth-order valence-electron chi connectivity index (χ4n) is 2.03. The molecule has 2 aromatic carbocycles. The van der Waals surface area contributed by atoms with Crippen LogP contribution in [0.2, 0.25) is 5.02 Å². The number of hydrogen-bond donors (Lipinski definition) is 2. The first-order valence-corrected chi connectivity index (χ1v) is 7.53. The summed E-state index contributed by atoms with van der Waals surface area (Å²) in [6.45, 7) is 2.66. The summed E-state index contributed by atoms with van der Waals surface area (Å²) < 4.78 is 0. The zero-order valence-corrected chi connectivity index (χ0v) is 13.2. The van der Waals surface area contributed by atoms with Crippen molar-refractivity contribution in [2.45, 2.75) is 13.3 Å². The molecule has 0 fully saturated rings. The van der Waals surface area contributed by atoms with Gasteiger partial charge in [0.2, 0.25) is 0 Å². The van der Waals surface area contributed by atoms with E-state index in [9.17, 15) is 4.79 Å². The van der Waals surface area contributed by atoms with Crippen LogP contribution in [-0.4, -0.2) is 12.6 Å². The predicted molar refractivity (Wildman–Crippen MR) is 91.9 cm³/mol. The van der Waals surface area contributed by atoms with Crippen molar-refractivity contribution in [3.05, 3.63) is 76.4 Å². The third-order valence-corrected chi connectivity index (χ3v) is 3.39. The summed E-state index contributed by atoms with van der Waals surface area (Å²) in [5.74, 6) is 0. The van der Waals surface area contributed by atoms with E-state index in [1.165, 1.54) is 11.1 Å². The molecule has 22 heavy (non-hydrogen) atoms. The summed E-state index contributed by atoms with van der Waals surface area (Å²) in [5, 5.41) is 6.20. The van der Waals surface area contributed by atoms with Gasteiger partial charge in [-0.15, -0.1) is 0 Å². The van der Waals surface area contributed by atoms with Crippen molar-refractivity contribution >= 4 is 23.7 Å². The van der Waals surface area contributed by atoms with E-state index in [0.717, 1.165) is 12.0 Å². The van der Waals surface area contributed by atoms with Gasteiger partial charge in [-0.2, -0.15) is 0 Å². The van der Waals surface area contributed by atoms with Gasteiger partial charge in [0.1, 0.15) is 0 Å². The Labute approximate surface area is 136 Å². The standard InChI is InChI=1S/C18H19ClN2O/c1-14-3-2-4-16(13-14)10-12-21-18(22)20-11-9-15-5-7-17(19)8-6-15/h2-9,11,13H,10,12H2,1H3,(H2,20,21,22)/b11-9+. The summed E-state index contributed by atoms with van der Waals surface area (Å²) in [7, 11) is 0. The normalized spacial score (nSPS) is 10.6. The van der Waals surface area contributed by atoms with Gasteiger partial charge < -0.3 is 10.6 Å². The predicted octanol–water partition coefficient (Wildman–Crippen LogP) is 4.16. The Morgan fingerprint density at radius 3 is 2.68 bits per heavy atom. The summed E-state index contributed by atoms with van der Waals surface area (Å²) in [6, 6.07) is 15.5. The van der Waals surface area contributed by atoms with Gasteiger partial charge in [-0.3, -0.25) is 0 Å². The van der Waals surface area contributed by atoms with Crippen LogP contribution >= 0.6 is 11.6 Å². The van der Waals surface area contributed by atoms with Gasteiger partial charge in [-0.05, 0) is 42.7 Å². The molecule has 0 aliphatic heterocycles. The second-order valence-corrected chi connectivity index (χ2v) is 5.46. The molecule has 0 spiro atoms. The Morgan fingerprint density at radius 1 is 1.18 bits per heavy atom. The first kappa shape index (κ1) is 16.1. The molecule has 0 saturated heterocycles. The van der Waals surface area contributed by atoms with Crippen LogP contribution in [0, 0.1) is 6.92 Å². The van der Waals surface area contributed by atoms with Gasteiger partial charge in [0, 0.05) is 17.8 Å². The number of benzene rings is 2. The average molecular weight is 315 g/mol. The lowest BCUT2D eigenvalue weighted by Crippen LogP contribution is -2.33. The minimum atomic E-state index is -0.210. The van der Waals surface area contributed by atoms with Crippen molar-refractivity contribution < 1.29 is 4.79 Å². The number of nitrogens with one attached hydrogen (secondary N) is 2.